The number of carbonyl (C=O) groups excluding carboxylic acids is 1. The molecule has 0 saturated heterocycles. The molecule has 0 aliphatic rings. The molecule has 0 aliphatic carbocycles. The third kappa shape index (κ3) is 7.33. The summed E-state index contributed by atoms with van der Waals surface area (Å²) in [4.78, 5) is 16.0. The Labute approximate surface area is 164 Å². The number of thiazole rings is 1. The predicted molar refractivity (Wildman–Crippen MR) is 97.4 cm³/mol. The van der Waals surface area contributed by atoms with Gasteiger partial charge in [-0.25, -0.2) is 4.98 Å². The van der Waals surface area contributed by atoms with E-state index in [2.05, 4.69) is 10.3 Å². The van der Waals surface area contributed by atoms with Crippen molar-refractivity contribution in [1.82, 2.24) is 10.3 Å². The second-order valence-corrected chi connectivity index (χ2v) is 6.30. The van der Waals surface area contributed by atoms with Gasteiger partial charge < -0.3 is 20.9 Å². The fraction of sp³-hybridized carbons (Fsp3) is 0.375. The van der Waals surface area contributed by atoms with E-state index in [1.165, 1.54) is 23.5 Å². The molecule has 150 valence electrons. The molecule has 1 amide bonds. The van der Waals surface area contributed by atoms with Crippen molar-refractivity contribution in [2.24, 2.45) is 5.73 Å². The van der Waals surface area contributed by atoms with Crippen molar-refractivity contribution in [3.05, 3.63) is 45.9 Å². The van der Waals surface area contributed by atoms with Crippen LogP contribution in [0.2, 0.25) is 0 Å². The number of nitrogens with two attached hydrogens (primary N) is 1. The van der Waals surface area contributed by atoms with Crippen molar-refractivity contribution in [2.45, 2.75) is 18.7 Å². The number of benzene rings is 1. The standard InChI is InChI=1S/C16H18F3N3O3S.ClH/c17-16(18,19)10-1-3-12(4-2-10)25-8-11(23)7-21-15(24)13-9-26-14(22-13)5-6-20;/h1-4,9,11,23H,5-8,20H2,(H,21,24);1H. The van der Waals surface area contributed by atoms with Gasteiger partial charge in [0.05, 0.1) is 10.6 Å². The van der Waals surface area contributed by atoms with Crippen molar-refractivity contribution < 1.29 is 27.8 Å². The van der Waals surface area contributed by atoms with Crippen LogP contribution in [0.1, 0.15) is 21.1 Å². The molecule has 1 aromatic heterocycles. The highest BCUT2D eigenvalue weighted by molar-refractivity contribution is 7.09. The maximum Gasteiger partial charge on any atom is 0.416 e. The van der Waals surface area contributed by atoms with Crippen LogP contribution in [0.25, 0.3) is 0 Å². The van der Waals surface area contributed by atoms with Crippen LogP contribution in [0, 0.1) is 0 Å². The van der Waals surface area contributed by atoms with E-state index < -0.39 is 23.8 Å². The number of hydrogen-bond donors (Lipinski definition) is 3. The number of hydrogen-bond acceptors (Lipinski definition) is 6. The predicted octanol–water partition coefficient (Wildman–Crippen LogP) is 2.25. The molecule has 0 aliphatic heterocycles. The van der Waals surface area contributed by atoms with Crippen molar-refractivity contribution in [3.8, 4) is 5.75 Å². The number of alkyl halides is 3. The van der Waals surface area contributed by atoms with Crippen LogP contribution in [0.3, 0.4) is 0 Å². The average Bonchev–Trinajstić information content (AvgIpc) is 3.06. The number of halogens is 4. The number of rotatable bonds is 8. The number of nitrogens with zero attached hydrogens (tertiary/aromatic N) is 1. The molecule has 1 atom stereocenters. The molecule has 1 unspecified atom stereocenters. The Morgan fingerprint density at radius 2 is 2.00 bits per heavy atom. The van der Waals surface area contributed by atoms with E-state index in [4.69, 9.17) is 10.5 Å². The molecule has 11 heteroatoms. The van der Waals surface area contributed by atoms with Gasteiger partial charge in [0.25, 0.3) is 5.91 Å². The molecular weight excluding hydrogens is 407 g/mol. The molecule has 0 radical (unpaired) electrons. The van der Waals surface area contributed by atoms with E-state index in [1.54, 1.807) is 5.38 Å². The Balaban J connectivity index is 0.00000364. The highest BCUT2D eigenvalue weighted by atomic mass is 35.5. The lowest BCUT2D eigenvalue weighted by atomic mass is 10.2. The highest BCUT2D eigenvalue weighted by Crippen LogP contribution is 2.30. The summed E-state index contributed by atoms with van der Waals surface area (Å²) < 4.78 is 42.6. The van der Waals surface area contributed by atoms with Gasteiger partial charge in [-0.1, -0.05) is 0 Å². The Morgan fingerprint density at radius 1 is 1.33 bits per heavy atom. The normalized spacial score (nSPS) is 12.2. The van der Waals surface area contributed by atoms with Gasteiger partial charge in [-0.3, -0.25) is 4.79 Å². The molecule has 27 heavy (non-hydrogen) atoms. The van der Waals surface area contributed by atoms with Crippen molar-refractivity contribution >= 4 is 29.7 Å². The number of aliphatic hydroxyl groups excluding tert-OH is 1. The number of aliphatic hydroxyl groups is 1. The summed E-state index contributed by atoms with van der Waals surface area (Å²) in [5.74, 6) is -0.243. The zero-order valence-electron chi connectivity index (χ0n) is 14.0. The first kappa shape index (κ1) is 23.2. The summed E-state index contributed by atoms with van der Waals surface area (Å²) in [6, 6.07) is 4.13. The molecule has 4 N–H and O–H groups in total. The molecule has 2 rings (SSSR count). The van der Waals surface area contributed by atoms with Crippen LogP contribution in [0.5, 0.6) is 5.75 Å². The summed E-state index contributed by atoms with van der Waals surface area (Å²) >= 11 is 1.33. The summed E-state index contributed by atoms with van der Waals surface area (Å²) in [6.07, 6.45) is -4.85. The zero-order valence-corrected chi connectivity index (χ0v) is 15.7. The first-order valence-corrected chi connectivity index (χ1v) is 8.58. The molecule has 6 nitrogen and oxygen atoms in total. The third-order valence-electron chi connectivity index (χ3n) is 3.26. The fourth-order valence-electron chi connectivity index (χ4n) is 1.95. The average molecular weight is 426 g/mol. The van der Waals surface area contributed by atoms with E-state index in [0.717, 1.165) is 17.1 Å². The van der Waals surface area contributed by atoms with E-state index in [-0.39, 0.29) is 37.0 Å². The molecular formula is C16H19ClF3N3O3S. The molecule has 0 bridgehead atoms. The van der Waals surface area contributed by atoms with Crippen molar-refractivity contribution in [3.63, 3.8) is 0 Å². The van der Waals surface area contributed by atoms with Gasteiger partial charge in [0.1, 0.15) is 24.2 Å². The second kappa shape index (κ2) is 10.5. The lowest BCUT2D eigenvalue weighted by molar-refractivity contribution is -0.137. The molecule has 0 spiro atoms. The molecule has 0 fully saturated rings. The van der Waals surface area contributed by atoms with E-state index in [9.17, 15) is 23.1 Å². The Hall–Kier alpha value is -1.88. The van der Waals surface area contributed by atoms with Crippen molar-refractivity contribution in [2.75, 3.05) is 19.7 Å². The van der Waals surface area contributed by atoms with Crippen LogP contribution in [-0.4, -0.2) is 41.8 Å². The minimum Gasteiger partial charge on any atom is -0.491 e. The SMILES string of the molecule is Cl.NCCc1nc(C(=O)NCC(O)COc2ccc(C(F)(F)F)cc2)cs1. The quantitative estimate of drug-likeness (QED) is 0.602. The van der Waals surface area contributed by atoms with E-state index in [1.807, 2.05) is 0 Å². The van der Waals surface area contributed by atoms with Gasteiger partial charge in [0.15, 0.2) is 0 Å². The Kier molecular flexibility index (Phi) is 8.97. The first-order chi connectivity index (χ1) is 12.3. The minimum absolute atomic E-state index is 0. The molecule has 2 aromatic rings. The second-order valence-electron chi connectivity index (χ2n) is 5.36. The highest BCUT2D eigenvalue weighted by Gasteiger charge is 2.30. The van der Waals surface area contributed by atoms with Gasteiger partial charge >= 0.3 is 6.18 Å². The molecule has 1 heterocycles. The largest absolute Gasteiger partial charge is 0.491 e. The topological polar surface area (TPSA) is 97.5 Å². The van der Waals surface area contributed by atoms with Crippen LogP contribution in [0.15, 0.2) is 29.6 Å². The van der Waals surface area contributed by atoms with E-state index >= 15 is 0 Å². The van der Waals surface area contributed by atoms with E-state index in [0.29, 0.717) is 13.0 Å². The Morgan fingerprint density at radius 3 is 2.59 bits per heavy atom. The number of nitrogens with one attached hydrogen (secondary N) is 1. The fourth-order valence-corrected chi connectivity index (χ4v) is 2.74. The lowest BCUT2D eigenvalue weighted by Gasteiger charge is -2.13. The summed E-state index contributed by atoms with van der Waals surface area (Å²) in [5.41, 5.74) is 4.88. The van der Waals surface area contributed by atoms with Gasteiger partial charge in [0, 0.05) is 18.3 Å². The van der Waals surface area contributed by atoms with Crippen LogP contribution in [0.4, 0.5) is 13.2 Å². The number of carbonyl (C=O) groups is 1. The van der Waals surface area contributed by atoms with Gasteiger partial charge in [-0.05, 0) is 30.8 Å². The lowest BCUT2D eigenvalue weighted by Crippen LogP contribution is -2.35. The van der Waals surface area contributed by atoms with Gasteiger partial charge in [-0.15, -0.1) is 23.7 Å². The summed E-state index contributed by atoms with van der Waals surface area (Å²) in [5, 5.41) is 14.7. The van der Waals surface area contributed by atoms with Crippen LogP contribution < -0.4 is 15.8 Å². The maximum atomic E-state index is 12.5. The zero-order chi connectivity index (χ0) is 19.2. The smallest absolute Gasteiger partial charge is 0.416 e. The number of amides is 1. The molecule has 0 saturated carbocycles. The first-order valence-electron chi connectivity index (χ1n) is 7.70. The number of ether oxygens (including phenoxy) is 1. The minimum atomic E-state index is -4.41. The van der Waals surface area contributed by atoms with Gasteiger partial charge in [-0.2, -0.15) is 13.2 Å². The summed E-state index contributed by atoms with van der Waals surface area (Å²) in [7, 11) is 0. The third-order valence-corrected chi connectivity index (χ3v) is 4.17. The van der Waals surface area contributed by atoms with Crippen LogP contribution in [-0.2, 0) is 12.6 Å². The summed E-state index contributed by atoms with van der Waals surface area (Å²) in [6.45, 7) is 0.179. The monoisotopic (exact) mass is 425 g/mol. The van der Waals surface area contributed by atoms with Gasteiger partial charge in [0.2, 0.25) is 0 Å². The van der Waals surface area contributed by atoms with Crippen LogP contribution >= 0.6 is 23.7 Å². The Bertz CT molecular complexity index is 726. The molecule has 1 aromatic carbocycles. The number of aromatic nitrogens is 1. The maximum absolute atomic E-state index is 12.5. The van der Waals surface area contributed by atoms with Crippen molar-refractivity contribution in [1.29, 1.82) is 0 Å².